The van der Waals surface area contributed by atoms with Gasteiger partial charge in [-0.15, -0.1) is 0 Å². The van der Waals surface area contributed by atoms with Crippen LogP contribution in [0.2, 0.25) is 5.02 Å². The maximum absolute atomic E-state index is 13.8. The first-order valence-electron chi connectivity index (χ1n) is 9.97. The monoisotopic (exact) mass is 394 g/mol. The summed E-state index contributed by atoms with van der Waals surface area (Å²) < 4.78 is 1.90. The normalized spacial score (nSPS) is 21.1. The predicted molar refractivity (Wildman–Crippen MR) is 108 cm³/mol. The molecule has 0 spiro atoms. The lowest BCUT2D eigenvalue weighted by Gasteiger charge is -2.44. The van der Waals surface area contributed by atoms with Gasteiger partial charge in [0.2, 0.25) is 5.91 Å². The molecule has 1 amide bonds. The second-order valence-electron chi connectivity index (χ2n) is 8.02. The van der Waals surface area contributed by atoms with Crippen molar-refractivity contribution in [2.75, 3.05) is 6.54 Å². The summed E-state index contributed by atoms with van der Waals surface area (Å²) in [5.41, 5.74) is 3.51. The Balaban J connectivity index is 1.52. The molecule has 2 aromatic heterocycles. The first-order valence-corrected chi connectivity index (χ1v) is 10.3. The Morgan fingerprint density at radius 3 is 2.68 bits per heavy atom. The Hall–Kier alpha value is -2.40. The number of amides is 1. The average molecular weight is 395 g/mol. The summed E-state index contributed by atoms with van der Waals surface area (Å²) in [5.74, 6) is 0.248. The first-order chi connectivity index (χ1) is 13.6. The predicted octanol–water partition coefficient (Wildman–Crippen LogP) is 4.48. The standard InChI is InChI=1S/C22H23ClN4O/c1-15-14-20-24-12-9-19(27(20)25-15)18-4-2-13-26(18)21(28)22(10-3-11-22)16-5-7-17(23)8-6-16/h5-9,12,14,18H,2-4,10-11,13H2,1H3/t18-/m1/s1. The number of halogens is 1. The summed E-state index contributed by atoms with van der Waals surface area (Å²) in [7, 11) is 0. The van der Waals surface area contributed by atoms with Crippen LogP contribution < -0.4 is 0 Å². The highest BCUT2D eigenvalue weighted by Gasteiger charge is 2.50. The van der Waals surface area contributed by atoms with E-state index in [-0.39, 0.29) is 11.9 Å². The quantitative estimate of drug-likeness (QED) is 0.658. The lowest BCUT2D eigenvalue weighted by Crippen LogP contribution is -2.51. The Kier molecular flexibility index (Phi) is 4.16. The van der Waals surface area contributed by atoms with E-state index in [1.807, 2.05) is 54.0 Å². The van der Waals surface area contributed by atoms with Crippen molar-refractivity contribution < 1.29 is 4.79 Å². The maximum atomic E-state index is 13.8. The van der Waals surface area contributed by atoms with Crippen LogP contribution in [0.25, 0.3) is 5.65 Å². The van der Waals surface area contributed by atoms with Crippen LogP contribution in [0.4, 0.5) is 0 Å². The molecule has 6 heteroatoms. The van der Waals surface area contributed by atoms with Gasteiger partial charge in [0.25, 0.3) is 0 Å². The van der Waals surface area contributed by atoms with E-state index in [4.69, 9.17) is 11.6 Å². The van der Waals surface area contributed by atoms with Crippen molar-refractivity contribution in [3.05, 3.63) is 64.6 Å². The van der Waals surface area contributed by atoms with Crippen molar-refractivity contribution in [3.8, 4) is 0 Å². The highest BCUT2D eigenvalue weighted by atomic mass is 35.5. The largest absolute Gasteiger partial charge is 0.333 e. The Labute approximate surface area is 169 Å². The maximum Gasteiger partial charge on any atom is 0.233 e. The fourth-order valence-corrected chi connectivity index (χ4v) is 4.92. The Morgan fingerprint density at radius 1 is 1.18 bits per heavy atom. The molecular weight excluding hydrogens is 372 g/mol. The molecule has 0 bridgehead atoms. The SMILES string of the molecule is Cc1cc2nccc([C@H]3CCCN3C(=O)C3(c4ccc(Cl)cc4)CCC3)n2n1. The number of benzene rings is 1. The van der Waals surface area contributed by atoms with Gasteiger partial charge in [-0.2, -0.15) is 5.10 Å². The van der Waals surface area contributed by atoms with Crippen molar-refractivity contribution in [2.24, 2.45) is 0 Å². The van der Waals surface area contributed by atoms with Gasteiger partial charge < -0.3 is 4.90 Å². The fourth-order valence-electron chi connectivity index (χ4n) is 4.80. The number of aromatic nitrogens is 3. The van der Waals surface area contributed by atoms with E-state index in [1.165, 1.54) is 0 Å². The van der Waals surface area contributed by atoms with Crippen LogP contribution >= 0.6 is 11.6 Å². The number of carbonyl (C=O) groups excluding carboxylic acids is 1. The van der Waals surface area contributed by atoms with Gasteiger partial charge in [0.15, 0.2) is 5.65 Å². The molecule has 2 aliphatic rings. The van der Waals surface area contributed by atoms with E-state index >= 15 is 0 Å². The number of hydrogen-bond donors (Lipinski definition) is 0. The van der Waals surface area contributed by atoms with Crippen molar-refractivity contribution in [3.63, 3.8) is 0 Å². The topological polar surface area (TPSA) is 50.5 Å². The molecule has 5 nitrogen and oxygen atoms in total. The Morgan fingerprint density at radius 2 is 1.96 bits per heavy atom. The van der Waals surface area contributed by atoms with Crippen molar-refractivity contribution >= 4 is 23.2 Å². The van der Waals surface area contributed by atoms with E-state index in [1.54, 1.807) is 0 Å². The second-order valence-corrected chi connectivity index (χ2v) is 8.46. The molecule has 0 radical (unpaired) electrons. The summed E-state index contributed by atoms with van der Waals surface area (Å²) in [5, 5.41) is 5.32. The van der Waals surface area contributed by atoms with Gasteiger partial charge in [0.05, 0.1) is 22.8 Å². The van der Waals surface area contributed by atoms with E-state index in [0.29, 0.717) is 5.02 Å². The van der Waals surface area contributed by atoms with Crippen molar-refractivity contribution in [2.45, 2.75) is 50.5 Å². The van der Waals surface area contributed by atoms with Gasteiger partial charge in [-0.25, -0.2) is 9.50 Å². The van der Waals surface area contributed by atoms with E-state index in [2.05, 4.69) is 15.0 Å². The average Bonchev–Trinajstić information content (AvgIpc) is 3.27. The van der Waals surface area contributed by atoms with Crippen LogP contribution in [0.5, 0.6) is 0 Å². The molecule has 0 unspecified atom stereocenters. The Bertz CT molecular complexity index is 1040. The minimum atomic E-state index is -0.403. The number of nitrogens with zero attached hydrogens (tertiary/aromatic N) is 4. The lowest BCUT2D eigenvalue weighted by molar-refractivity contribution is -0.142. The molecule has 1 saturated carbocycles. The minimum absolute atomic E-state index is 0.0436. The molecule has 1 aromatic carbocycles. The van der Waals surface area contributed by atoms with E-state index in [9.17, 15) is 4.79 Å². The number of likely N-dealkylation sites (tertiary alicyclic amines) is 1. The summed E-state index contributed by atoms with van der Waals surface area (Å²) in [6.07, 6.45) is 6.69. The number of fused-ring (bicyclic) bond motifs is 1. The number of hydrogen-bond acceptors (Lipinski definition) is 3. The minimum Gasteiger partial charge on any atom is -0.333 e. The summed E-state index contributed by atoms with van der Waals surface area (Å²) in [6, 6.07) is 11.9. The zero-order valence-electron chi connectivity index (χ0n) is 15.9. The van der Waals surface area contributed by atoms with Gasteiger partial charge >= 0.3 is 0 Å². The third-order valence-electron chi connectivity index (χ3n) is 6.38. The number of carbonyl (C=O) groups is 1. The lowest BCUT2D eigenvalue weighted by atomic mass is 9.63. The van der Waals surface area contributed by atoms with Gasteiger partial charge in [0, 0.05) is 23.8 Å². The molecule has 2 fully saturated rings. The van der Waals surface area contributed by atoms with Gasteiger partial charge in [-0.1, -0.05) is 30.2 Å². The third kappa shape index (κ3) is 2.64. The van der Waals surface area contributed by atoms with E-state index < -0.39 is 5.41 Å². The molecule has 5 rings (SSSR count). The molecule has 28 heavy (non-hydrogen) atoms. The first kappa shape index (κ1) is 17.7. The highest BCUT2D eigenvalue weighted by molar-refractivity contribution is 6.30. The molecule has 1 aliphatic heterocycles. The molecular formula is C22H23ClN4O. The van der Waals surface area contributed by atoms with Crippen LogP contribution in [0.1, 0.15) is 55.1 Å². The molecule has 144 valence electrons. The van der Waals surface area contributed by atoms with Crippen LogP contribution in [-0.4, -0.2) is 31.9 Å². The van der Waals surface area contributed by atoms with Crippen LogP contribution in [-0.2, 0) is 10.2 Å². The molecule has 3 aromatic rings. The summed E-state index contributed by atoms with van der Waals surface area (Å²) in [6.45, 7) is 2.77. The van der Waals surface area contributed by atoms with Crippen molar-refractivity contribution in [1.82, 2.24) is 19.5 Å². The van der Waals surface area contributed by atoms with E-state index in [0.717, 1.165) is 61.2 Å². The number of rotatable bonds is 3. The molecule has 1 aliphatic carbocycles. The van der Waals surface area contributed by atoms with Gasteiger partial charge in [-0.3, -0.25) is 4.79 Å². The molecule has 1 atom stereocenters. The third-order valence-corrected chi connectivity index (χ3v) is 6.63. The second kappa shape index (κ2) is 6.59. The zero-order valence-corrected chi connectivity index (χ0v) is 16.7. The highest BCUT2D eigenvalue weighted by Crippen LogP contribution is 2.48. The van der Waals surface area contributed by atoms with Crippen LogP contribution in [0.15, 0.2) is 42.6 Å². The van der Waals surface area contributed by atoms with Crippen LogP contribution in [0, 0.1) is 6.92 Å². The van der Waals surface area contributed by atoms with Crippen molar-refractivity contribution in [1.29, 1.82) is 0 Å². The molecule has 0 N–H and O–H groups in total. The van der Waals surface area contributed by atoms with Crippen LogP contribution in [0.3, 0.4) is 0 Å². The summed E-state index contributed by atoms with van der Waals surface area (Å²) in [4.78, 5) is 20.3. The number of aryl methyl sites for hydroxylation is 1. The fraction of sp³-hybridized carbons (Fsp3) is 0.409. The smallest absolute Gasteiger partial charge is 0.233 e. The molecule has 3 heterocycles. The summed E-state index contributed by atoms with van der Waals surface area (Å²) >= 11 is 6.08. The molecule has 1 saturated heterocycles. The van der Waals surface area contributed by atoms with Gasteiger partial charge in [0.1, 0.15) is 0 Å². The van der Waals surface area contributed by atoms with Gasteiger partial charge in [-0.05, 0) is 56.4 Å². The zero-order chi connectivity index (χ0) is 19.3.